The molecule has 0 radical (unpaired) electrons. The molecule has 116 valence electrons. The Morgan fingerprint density at radius 1 is 1.09 bits per heavy atom. The first-order valence-electron chi connectivity index (χ1n) is 7.79. The van der Waals surface area contributed by atoms with Gasteiger partial charge in [0.05, 0.1) is 0 Å². The lowest BCUT2D eigenvalue weighted by Gasteiger charge is -2.26. The van der Waals surface area contributed by atoms with Crippen molar-refractivity contribution >= 4 is 0 Å². The Hall–Kier alpha value is -2.46. The minimum atomic E-state index is -0.254. The van der Waals surface area contributed by atoms with Gasteiger partial charge in [-0.2, -0.15) is 0 Å². The SMILES string of the molecule is Fc1cccc(-c2noc3c2CN(Cc2ccccc2)CC3)c1. The van der Waals surface area contributed by atoms with Crippen molar-refractivity contribution < 1.29 is 8.91 Å². The molecule has 23 heavy (non-hydrogen) atoms. The zero-order valence-electron chi connectivity index (χ0n) is 12.7. The van der Waals surface area contributed by atoms with Crippen LogP contribution in [0.3, 0.4) is 0 Å². The zero-order valence-corrected chi connectivity index (χ0v) is 12.7. The molecule has 4 heteroatoms. The molecule has 0 atom stereocenters. The summed E-state index contributed by atoms with van der Waals surface area (Å²) in [6.07, 6.45) is 0.838. The molecular weight excluding hydrogens is 291 g/mol. The molecule has 1 aromatic heterocycles. The van der Waals surface area contributed by atoms with Crippen LogP contribution in [0, 0.1) is 5.82 Å². The molecule has 0 bridgehead atoms. The molecule has 1 aliphatic rings. The van der Waals surface area contributed by atoms with E-state index in [1.807, 2.05) is 12.1 Å². The fourth-order valence-electron chi connectivity index (χ4n) is 3.10. The van der Waals surface area contributed by atoms with Crippen LogP contribution < -0.4 is 0 Å². The zero-order chi connectivity index (χ0) is 15.6. The van der Waals surface area contributed by atoms with Crippen LogP contribution in [-0.2, 0) is 19.5 Å². The van der Waals surface area contributed by atoms with Gasteiger partial charge in [0.25, 0.3) is 0 Å². The summed E-state index contributed by atoms with van der Waals surface area (Å²) in [5.74, 6) is 0.671. The maximum absolute atomic E-state index is 13.5. The largest absolute Gasteiger partial charge is 0.360 e. The van der Waals surface area contributed by atoms with Gasteiger partial charge >= 0.3 is 0 Å². The van der Waals surface area contributed by atoms with Gasteiger partial charge in [0.15, 0.2) is 0 Å². The molecule has 0 N–H and O–H groups in total. The summed E-state index contributed by atoms with van der Waals surface area (Å²) in [7, 11) is 0. The van der Waals surface area contributed by atoms with Gasteiger partial charge in [0.2, 0.25) is 0 Å². The number of halogens is 1. The van der Waals surface area contributed by atoms with Crippen molar-refractivity contribution in [3.05, 3.63) is 77.3 Å². The second kappa shape index (κ2) is 5.97. The molecule has 3 aromatic rings. The minimum Gasteiger partial charge on any atom is -0.360 e. The van der Waals surface area contributed by atoms with Crippen LogP contribution in [0.25, 0.3) is 11.3 Å². The summed E-state index contributed by atoms with van der Waals surface area (Å²) in [5.41, 5.74) is 3.91. The molecular formula is C19H17FN2O. The quantitative estimate of drug-likeness (QED) is 0.731. The van der Waals surface area contributed by atoms with Crippen LogP contribution in [0.15, 0.2) is 59.1 Å². The van der Waals surface area contributed by atoms with Crippen molar-refractivity contribution in [3.63, 3.8) is 0 Å². The highest BCUT2D eigenvalue weighted by Gasteiger charge is 2.25. The molecule has 2 heterocycles. The average molecular weight is 308 g/mol. The lowest BCUT2D eigenvalue weighted by atomic mass is 10.0. The fraction of sp³-hybridized carbons (Fsp3) is 0.211. The lowest BCUT2D eigenvalue weighted by Crippen LogP contribution is -2.29. The number of fused-ring (bicyclic) bond motifs is 1. The molecule has 2 aromatic carbocycles. The molecule has 0 fully saturated rings. The van der Waals surface area contributed by atoms with Crippen molar-refractivity contribution in [3.8, 4) is 11.3 Å². The van der Waals surface area contributed by atoms with Crippen molar-refractivity contribution in [1.29, 1.82) is 0 Å². The highest BCUT2D eigenvalue weighted by atomic mass is 19.1. The van der Waals surface area contributed by atoms with Crippen molar-refractivity contribution in [2.24, 2.45) is 0 Å². The van der Waals surface area contributed by atoms with Crippen LogP contribution in [0.5, 0.6) is 0 Å². The molecule has 0 spiro atoms. The highest BCUT2D eigenvalue weighted by molar-refractivity contribution is 5.63. The van der Waals surface area contributed by atoms with Gasteiger partial charge in [-0.1, -0.05) is 47.6 Å². The third-order valence-electron chi connectivity index (χ3n) is 4.25. The summed E-state index contributed by atoms with van der Waals surface area (Å²) in [5, 5.41) is 4.18. The summed E-state index contributed by atoms with van der Waals surface area (Å²) in [6, 6.07) is 16.9. The third-order valence-corrected chi connectivity index (χ3v) is 4.25. The Labute approximate surface area is 134 Å². The maximum atomic E-state index is 13.5. The summed E-state index contributed by atoms with van der Waals surface area (Å²) in [4.78, 5) is 2.37. The molecule has 3 nitrogen and oxygen atoms in total. The standard InChI is InChI=1S/C19H17FN2O/c20-16-8-4-7-15(11-16)19-17-13-22(10-9-18(17)23-21-19)12-14-5-2-1-3-6-14/h1-8,11H,9-10,12-13H2. The predicted molar refractivity (Wildman–Crippen MR) is 86.2 cm³/mol. The van der Waals surface area contributed by atoms with Crippen molar-refractivity contribution in [2.45, 2.75) is 19.5 Å². The summed E-state index contributed by atoms with van der Waals surface area (Å²) < 4.78 is 19.0. The Morgan fingerprint density at radius 3 is 2.78 bits per heavy atom. The molecule has 4 rings (SSSR count). The van der Waals surface area contributed by atoms with Crippen LogP contribution in [0.1, 0.15) is 16.9 Å². The first kappa shape index (κ1) is 14.2. The Bertz CT molecular complexity index is 813. The van der Waals surface area contributed by atoms with Gasteiger partial charge in [0.1, 0.15) is 17.3 Å². The fourth-order valence-corrected chi connectivity index (χ4v) is 3.10. The molecule has 0 unspecified atom stereocenters. The van der Waals surface area contributed by atoms with E-state index in [1.54, 1.807) is 6.07 Å². The number of rotatable bonds is 3. The Kier molecular flexibility index (Phi) is 3.67. The van der Waals surface area contributed by atoms with E-state index in [4.69, 9.17) is 4.52 Å². The normalized spacial score (nSPS) is 14.7. The molecule has 0 aliphatic carbocycles. The second-order valence-electron chi connectivity index (χ2n) is 5.89. The van der Waals surface area contributed by atoms with Gasteiger partial charge in [-0.15, -0.1) is 0 Å². The van der Waals surface area contributed by atoms with Crippen LogP contribution in [0.2, 0.25) is 0 Å². The van der Waals surface area contributed by atoms with Gasteiger partial charge in [-0.05, 0) is 17.7 Å². The van der Waals surface area contributed by atoms with Gasteiger partial charge < -0.3 is 4.52 Å². The molecule has 0 saturated heterocycles. The summed E-state index contributed by atoms with van der Waals surface area (Å²) in [6.45, 7) is 2.62. The third kappa shape index (κ3) is 2.90. The van der Waals surface area contributed by atoms with E-state index in [1.165, 1.54) is 17.7 Å². The second-order valence-corrected chi connectivity index (χ2v) is 5.89. The molecule has 0 amide bonds. The number of nitrogens with zero attached hydrogens (tertiary/aromatic N) is 2. The lowest BCUT2D eigenvalue weighted by molar-refractivity contribution is 0.228. The predicted octanol–water partition coefficient (Wildman–Crippen LogP) is 4.04. The van der Waals surface area contributed by atoms with E-state index in [0.717, 1.165) is 48.6 Å². The van der Waals surface area contributed by atoms with E-state index in [9.17, 15) is 4.39 Å². The first-order valence-corrected chi connectivity index (χ1v) is 7.79. The summed E-state index contributed by atoms with van der Waals surface area (Å²) >= 11 is 0. The van der Waals surface area contributed by atoms with Gasteiger partial charge in [-0.3, -0.25) is 4.90 Å². The van der Waals surface area contributed by atoms with Crippen LogP contribution in [-0.4, -0.2) is 16.6 Å². The number of aromatic nitrogens is 1. The van der Waals surface area contributed by atoms with E-state index in [0.29, 0.717) is 0 Å². The van der Waals surface area contributed by atoms with E-state index >= 15 is 0 Å². The maximum Gasteiger partial charge on any atom is 0.143 e. The molecule has 1 aliphatic heterocycles. The van der Waals surface area contributed by atoms with E-state index < -0.39 is 0 Å². The van der Waals surface area contributed by atoms with E-state index in [2.05, 4.69) is 34.3 Å². The van der Waals surface area contributed by atoms with Gasteiger partial charge in [-0.25, -0.2) is 4.39 Å². The number of hydrogen-bond donors (Lipinski definition) is 0. The average Bonchev–Trinajstić information content (AvgIpc) is 2.99. The monoisotopic (exact) mass is 308 g/mol. The van der Waals surface area contributed by atoms with Gasteiger partial charge in [0, 0.05) is 37.2 Å². The van der Waals surface area contributed by atoms with Crippen molar-refractivity contribution in [1.82, 2.24) is 10.1 Å². The molecule has 0 saturated carbocycles. The Balaban J connectivity index is 1.60. The first-order chi connectivity index (χ1) is 11.3. The number of hydrogen-bond acceptors (Lipinski definition) is 3. The van der Waals surface area contributed by atoms with Crippen molar-refractivity contribution in [2.75, 3.05) is 6.54 Å². The van der Waals surface area contributed by atoms with Crippen LogP contribution >= 0.6 is 0 Å². The minimum absolute atomic E-state index is 0.254. The number of benzene rings is 2. The highest BCUT2D eigenvalue weighted by Crippen LogP contribution is 2.30. The van der Waals surface area contributed by atoms with E-state index in [-0.39, 0.29) is 5.82 Å². The Morgan fingerprint density at radius 2 is 1.96 bits per heavy atom. The van der Waals surface area contributed by atoms with Crippen LogP contribution in [0.4, 0.5) is 4.39 Å². The topological polar surface area (TPSA) is 29.3 Å². The smallest absolute Gasteiger partial charge is 0.143 e.